The summed E-state index contributed by atoms with van der Waals surface area (Å²) in [5.41, 5.74) is 1.90. The van der Waals surface area contributed by atoms with Crippen LogP contribution in [0.5, 0.6) is 5.75 Å². The summed E-state index contributed by atoms with van der Waals surface area (Å²) in [6.45, 7) is 2.08. The van der Waals surface area contributed by atoms with Crippen molar-refractivity contribution in [2.75, 3.05) is 23.9 Å². The maximum absolute atomic E-state index is 13.4. The quantitative estimate of drug-likeness (QED) is 0.351. The second-order valence-corrected chi connectivity index (χ2v) is 8.21. The Morgan fingerprint density at radius 2 is 1.76 bits per heavy atom. The van der Waals surface area contributed by atoms with Crippen LogP contribution in [0, 0.1) is 0 Å². The zero-order valence-corrected chi connectivity index (χ0v) is 20.4. The number of rotatable bonds is 9. The van der Waals surface area contributed by atoms with E-state index in [2.05, 4.69) is 10.3 Å². The van der Waals surface area contributed by atoms with Crippen LogP contribution in [0.4, 0.5) is 16.2 Å². The molecule has 190 valence electrons. The predicted molar refractivity (Wildman–Crippen MR) is 135 cm³/mol. The van der Waals surface area contributed by atoms with Crippen molar-refractivity contribution in [2.24, 2.45) is 0 Å². The Balaban J connectivity index is 1.53. The number of aromatic nitrogens is 1. The molecular formula is C27H26N4O6. The summed E-state index contributed by atoms with van der Waals surface area (Å²) in [6.07, 6.45) is 2.97. The van der Waals surface area contributed by atoms with Crippen LogP contribution < -0.4 is 15.0 Å². The van der Waals surface area contributed by atoms with Gasteiger partial charge in [-0.05, 0) is 67.1 Å². The van der Waals surface area contributed by atoms with Crippen molar-refractivity contribution in [1.29, 1.82) is 0 Å². The summed E-state index contributed by atoms with van der Waals surface area (Å²) in [6, 6.07) is 14.7. The number of urea groups is 1. The van der Waals surface area contributed by atoms with Gasteiger partial charge in [0, 0.05) is 24.6 Å². The van der Waals surface area contributed by atoms with Crippen LogP contribution in [0.25, 0.3) is 0 Å². The molecule has 1 aliphatic heterocycles. The maximum atomic E-state index is 13.4. The SMILES string of the molecule is CCOC(=O)c1ccc(NC(=O)CC2C(=O)N(c3ccc(OC)cc3)C(=O)N2Cc2cccnc2)cc1. The molecule has 1 N–H and O–H groups in total. The van der Waals surface area contributed by atoms with Crippen LogP contribution in [0.15, 0.2) is 73.1 Å². The normalized spacial score (nSPS) is 15.0. The number of methoxy groups -OCH3 is 1. The van der Waals surface area contributed by atoms with E-state index < -0.39 is 29.9 Å². The Labute approximate surface area is 213 Å². The Morgan fingerprint density at radius 1 is 1.03 bits per heavy atom. The van der Waals surface area contributed by atoms with Crippen molar-refractivity contribution in [2.45, 2.75) is 25.9 Å². The minimum absolute atomic E-state index is 0.108. The van der Waals surface area contributed by atoms with Crippen molar-refractivity contribution in [3.05, 3.63) is 84.2 Å². The van der Waals surface area contributed by atoms with Crippen LogP contribution in [0.1, 0.15) is 29.3 Å². The number of anilines is 2. The fraction of sp³-hybridized carbons (Fsp3) is 0.222. The molecular weight excluding hydrogens is 476 g/mol. The molecule has 37 heavy (non-hydrogen) atoms. The zero-order valence-electron chi connectivity index (χ0n) is 20.4. The summed E-state index contributed by atoms with van der Waals surface area (Å²) >= 11 is 0. The topological polar surface area (TPSA) is 118 Å². The molecule has 2 heterocycles. The lowest BCUT2D eigenvalue weighted by molar-refractivity contribution is -0.124. The molecule has 1 saturated heterocycles. The second kappa shape index (κ2) is 11.3. The number of nitrogens with zero attached hydrogens (tertiary/aromatic N) is 3. The molecule has 10 nitrogen and oxygen atoms in total. The van der Waals surface area contributed by atoms with Crippen molar-refractivity contribution < 1.29 is 28.7 Å². The van der Waals surface area contributed by atoms with Crippen LogP contribution >= 0.6 is 0 Å². The van der Waals surface area contributed by atoms with Gasteiger partial charge in [0.1, 0.15) is 11.8 Å². The number of hydrogen-bond donors (Lipinski definition) is 1. The Morgan fingerprint density at radius 3 is 2.38 bits per heavy atom. The third-order valence-electron chi connectivity index (χ3n) is 5.78. The van der Waals surface area contributed by atoms with Crippen LogP contribution in [-0.4, -0.2) is 53.5 Å². The van der Waals surface area contributed by atoms with E-state index in [9.17, 15) is 19.2 Å². The van der Waals surface area contributed by atoms with Crippen molar-refractivity contribution >= 4 is 35.2 Å². The van der Waals surface area contributed by atoms with E-state index in [1.807, 2.05) is 0 Å². The summed E-state index contributed by atoms with van der Waals surface area (Å²) in [5.74, 6) is -0.838. The first-order chi connectivity index (χ1) is 17.9. The second-order valence-electron chi connectivity index (χ2n) is 8.21. The Hall–Kier alpha value is -4.73. The molecule has 0 bridgehead atoms. The number of pyridine rings is 1. The number of imide groups is 1. The van der Waals surface area contributed by atoms with Gasteiger partial charge in [0.2, 0.25) is 5.91 Å². The molecule has 0 radical (unpaired) electrons. The molecule has 4 amide bonds. The lowest BCUT2D eigenvalue weighted by Crippen LogP contribution is -2.37. The number of nitrogens with one attached hydrogen (secondary N) is 1. The monoisotopic (exact) mass is 502 g/mol. The number of carbonyl (C=O) groups is 4. The van der Waals surface area contributed by atoms with Gasteiger partial charge in [-0.2, -0.15) is 0 Å². The minimum Gasteiger partial charge on any atom is -0.497 e. The van der Waals surface area contributed by atoms with E-state index in [1.165, 1.54) is 24.1 Å². The lowest BCUT2D eigenvalue weighted by Gasteiger charge is -2.21. The third kappa shape index (κ3) is 5.75. The van der Waals surface area contributed by atoms with Gasteiger partial charge >= 0.3 is 12.0 Å². The highest BCUT2D eigenvalue weighted by atomic mass is 16.5. The van der Waals surface area contributed by atoms with E-state index in [1.54, 1.807) is 67.8 Å². The first-order valence-corrected chi connectivity index (χ1v) is 11.7. The number of carbonyl (C=O) groups excluding carboxylic acids is 4. The summed E-state index contributed by atoms with van der Waals surface area (Å²) < 4.78 is 10.1. The van der Waals surface area contributed by atoms with Gasteiger partial charge < -0.3 is 19.7 Å². The van der Waals surface area contributed by atoms with Gasteiger partial charge in [-0.1, -0.05) is 6.07 Å². The van der Waals surface area contributed by atoms with Gasteiger partial charge in [-0.25, -0.2) is 14.5 Å². The molecule has 1 atom stereocenters. The van der Waals surface area contributed by atoms with Crippen molar-refractivity contribution in [3.8, 4) is 5.75 Å². The number of ether oxygens (including phenoxy) is 2. The first kappa shape index (κ1) is 25.4. The average molecular weight is 503 g/mol. The first-order valence-electron chi connectivity index (χ1n) is 11.7. The smallest absolute Gasteiger partial charge is 0.338 e. The molecule has 2 aromatic carbocycles. The summed E-state index contributed by atoms with van der Waals surface area (Å²) in [4.78, 5) is 58.1. The van der Waals surface area contributed by atoms with Crippen molar-refractivity contribution in [1.82, 2.24) is 9.88 Å². The Bertz CT molecular complexity index is 1280. The molecule has 0 aliphatic carbocycles. The molecule has 1 fully saturated rings. The molecule has 1 unspecified atom stereocenters. The van der Waals surface area contributed by atoms with E-state index in [4.69, 9.17) is 9.47 Å². The molecule has 0 saturated carbocycles. The summed E-state index contributed by atoms with van der Waals surface area (Å²) in [5, 5.41) is 2.73. The molecule has 1 aliphatic rings. The third-order valence-corrected chi connectivity index (χ3v) is 5.78. The largest absolute Gasteiger partial charge is 0.497 e. The average Bonchev–Trinajstić information content (AvgIpc) is 3.13. The van der Waals surface area contributed by atoms with Crippen LogP contribution in [-0.2, 0) is 20.9 Å². The highest BCUT2D eigenvalue weighted by Crippen LogP contribution is 2.29. The summed E-state index contributed by atoms with van der Waals surface area (Å²) in [7, 11) is 1.52. The van der Waals surface area contributed by atoms with Gasteiger partial charge in [0.15, 0.2) is 0 Å². The number of benzene rings is 2. The standard InChI is InChI=1S/C27H26N4O6/c1-3-37-26(34)19-6-8-20(9-7-19)29-24(32)15-23-25(33)31(21-10-12-22(36-2)13-11-21)27(35)30(23)17-18-5-4-14-28-16-18/h4-14,16,23H,3,15,17H2,1-2H3,(H,29,32). The maximum Gasteiger partial charge on any atom is 0.338 e. The number of hydrogen-bond acceptors (Lipinski definition) is 7. The molecule has 3 aromatic rings. The van der Waals surface area contributed by atoms with Gasteiger partial charge in [-0.3, -0.25) is 14.6 Å². The van der Waals surface area contributed by atoms with Crippen LogP contribution in [0.2, 0.25) is 0 Å². The highest BCUT2D eigenvalue weighted by molar-refractivity contribution is 6.22. The fourth-order valence-electron chi connectivity index (χ4n) is 3.96. The van der Waals surface area contributed by atoms with E-state index in [0.717, 1.165) is 10.5 Å². The zero-order chi connectivity index (χ0) is 26.4. The molecule has 4 rings (SSSR count). The fourth-order valence-corrected chi connectivity index (χ4v) is 3.96. The van der Waals surface area contributed by atoms with Gasteiger partial charge in [-0.15, -0.1) is 0 Å². The highest BCUT2D eigenvalue weighted by Gasteiger charge is 2.46. The van der Waals surface area contributed by atoms with Gasteiger partial charge in [0.05, 0.1) is 31.4 Å². The minimum atomic E-state index is -1.02. The van der Waals surface area contributed by atoms with E-state index in [0.29, 0.717) is 22.7 Å². The molecule has 1 aromatic heterocycles. The van der Waals surface area contributed by atoms with Crippen LogP contribution in [0.3, 0.4) is 0 Å². The lowest BCUT2D eigenvalue weighted by atomic mass is 10.1. The van der Waals surface area contributed by atoms with E-state index in [-0.39, 0.29) is 19.6 Å². The van der Waals surface area contributed by atoms with Gasteiger partial charge in [0.25, 0.3) is 5.91 Å². The molecule has 0 spiro atoms. The predicted octanol–water partition coefficient (Wildman–Crippen LogP) is 3.63. The number of esters is 1. The molecule has 10 heteroatoms. The van der Waals surface area contributed by atoms with Crippen molar-refractivity contribution in [3.63, 3.8) is 0 Å². The Kier molecular flexibility index (Phi) is 7.77. The van der Waals surface area contributed by atoms with E-state index >= 15 is 0 Å². The number of amides is 4.